The third-order valence-electron chi connectivity index (χ3n) is 4.02. The van der Waals surface area contributed by atoms with Gasteiger partial charge < -0.3 is 14.6 Å². The van der Waals surface area contributed by atoms with Crippen LogP contribution in [0.3, 0.4) is 0 Å². The normalized spacial score (nSPS) is 11.8. The molecule has 3 rings (SSSR count). The van der Waals surface area contributed by atoms with Crippen molar-refractivity contribution < 1.29 is 19.4 Å². The Balaban J connectivity index is 1.91. The van der Waals surface area contributed by atoms with Crippen molar-refractivity contribution in [3.8, 4) is 17.2 Å². The van der Waals surface area contributed by atoms with Gasteiger partial charge in [0.1, 0.15) is 23.4 Å². The predicted molar refractivity (Wildman–Crippen MR) is 106 cm³/mol. The Morgan fingerprint density at radius 3 is 2.57 bits per heavy atom. The van der Waals surface area contributed by atoms with Crippen LogP contribution in [0.4, 0.5) is 0 Å². The SMILES string of the molecule is COc1ccc(-n2c(COc3cccc(C)c3)nnc2S[C@@H](C)C(=O)O)cc1. The average Bonchev–Trinajstić information content (AvgIpc) is 3.08. The van der Waals surface area contributed by atoms with E-state index >= 15 is 0 Å². The number of nitrogens with zero attached hydrogens (tertiary/aromatic N) is 3. The van der Waals surface area contributed by atoms with Gasteiger partial charge in [-0.05, 0) is 55.8 Å². The molecule has 0 amide bonds. The molecule has 1 aromatic heterocycles. The van der Waals surface area contributed by atoms with E-state index in [9.17, 15) is 9.90 Å². The van der Waals surface area contributed by atoms with Crippen molar-refractivity contribution in [2.24, 2.45) is 0 Å². The number of carboxylic acid groups (broad SMARTS) is 1. The van der Waals surface area contributed by atoms with Gasteiger partial charge in [0.15, 0.2) is 11.0 Å². The van der Waals surface area contributed by atoms with E-state index in [1.165, 1.54) is 0 Å². The van der Waals surface area contributed by atoms with Gasteiger partial charge in [0.05, 0.1) is 7.11 Å². The Hall–Kier alpha value is -3.00. The van der Waals surface area contributed by atoms with Gasteiger partial charge in [-0.3, -0.25) is 9.36 Å². The summed E-state index contributed by atoms with van der Waals surface area (Å²) in [6.07, 6.45) is 0. The van der Waals surface area contributed by atoms with Crippen molar-refractivity contribution in [3.05, 3.63) is 59.9 Å². The number of aryl methyl sites for hydroxylation is 1. The Morgan fingerprint density at radius 2 is 1.93 bits per heavy atom. The highest BCUT2D eigenvalue weighted by molar-refractivity contribution is 8.00. The summed E-state index contributed by atoms with van der Waals surface area (Å²) in [6.45, 7) is 3.81. The van der Waals surface area contributed by atoms with Gasteiger partial charge in [-0.15, -0.1) is 10.2 Å². The van der Waals surface area contributed by atoms with Gasteiger partial charge in [0, 0.05) is 5.69 Å². The molecule has 1 heterocycles. The van der Waals surface area contributed by atoms with Crippen LogP contribution in [0.25, 0.3) is 5.69 Å². The number of hydrogen-bond acceptors (Lipinski definition) is 6. The van der Waals surface area contributed by atoms with Crippen LogP contribution in [-0.2, 0) is 11.4 Å². The molecule has 0 spiro atoms. The number of ether oxygens (including phenoxy) is 2. The molecule has 0 unspecified atom stereocenters. The second-order valence-electron chi connectivity index (χ2n) is 6.14. The lowest BCUT2D eigenvalue weighted by Gasteiger charge is -2.13. The molecule has 0 bridgehead atoms. The zero-order chi connectivity index (χ0) is 20.1. The zero-order valence-corrected chi connectivity index (χ0v) is 16.6. The van der Waals surface area contributed by atoms with Crippen LogP contribution < -0.4 is 9.47 Å². The number of aliphatic carboxylic acids is 1. The molecular weight excluding hydrogens is 378 g/mol. The smallest absolute Gasteiger partial charge is 0.316 e. The highest BCUT2D eigenvalue weighted by Crippen LogP contribution is 2.27. The van der Waals surface area contributed by atoms with E-state index in [-0.39, 0.29) is 6.61 Å². The van der Waals surface area contributed by atoms with Gasteiger partial charge in [0.2, 0.25) is 0 Å². The van der Waals surface area contributed by atoms with Crippen LogP contribution >= 0.6 is 11.8 Å². The molecule has 0 aliphatic rings. The second-order valence-corrected chi connectivity index (χ2v) is 7.44. The fraction of sp³-hybridized carbons (Fsp3) is 0.250. The summed E-state index contributed by atoms with van der Waals surface area (Å²) < 4.78 is 12.9. The van der Waals surface area contributed by atoms with E-state index in [0.29, 0.717) is 11.0 Å². The van der Waals surface area contributed by atoms with E-state index in [1.807, 2.05) is 55.5 Å². The highest BCUT2D eigenvalue weighted by Gasteiger charge is 2.21. The first-order valence-electron chi connectivity index (χ1n) is 8.65. The van der Waals surface area contributed by atoms with E-state index < -0.39 is 11.2 Å². The summed E-state index contributed by atoms with van der Waals surface area (Å²) in [5.41, 5.74) is 1.90. The fourth-order valence-electron chi connectivity index (χ4n) is 2.52. The minimum Gasteiger partial charge on any atom is -0.497 e. The third-order valence-corrected chi connectivity index (χ3v) is 5.05. The number of rotatable bonds is 8. The highest BCUT2D eigenvalue weighted by atomic mass is 32.2. The maximum atomic E-state index is 11.3. The van der Waals surface area contributed by atoms with Crippen LogP contribution in [0, 0.1) is 6.92 Å². The molecule has 1 atom stereocenters. The summed E-state index contributed by atoms with van der Waals surface area (Å²) in [5.74, 6) is 1.12. The summed E-state index contributed by atoms with van der Waals surface area (Å²) >= 11 is 1.13. The first-order chi connectivity index (χ1) is 13.5. The maximum absolute atomic E-state index is 11.3. The Bertz CT molecular complexity index is 956. The zero-order valence-electron chi connectivity index (χ0n) is 15.8. The lowest BCUT2D eigenvalue weighted by atomic mass is 10.2. The molecule has 2 aromatic carbocycles. The van der Waals surface area contributed by atoms with E-state index in [1.54, 1.807) is 18.6 Å². The molecular formula is C20H21N3O4S. The topological polar surface area (TPSA) is 86.5 Å². The van der Waals surface area contributed by atoms with Gasteiger partial charge in [-0.2, -0.15) is 0 Å². The first-order valence-corrected chi connectivity index (χ1v) is 9.53. The second kappa shape index (κ2) is 8.79. The quantitative estimate of drug-likeness (QED) is 0.578. The summed E-state index contributed by atoms with van der Waals surface area (Å²) in [6, 6.07) is 15.1. The van der Waals surface area contributed by atoms with E-state index in [0.717, 1.165) is 34.5 Å². The van der Waals surface area contributed by atoms with Gasteiger partial charge >= 0.3 is 5.97 Å². The molecule has 0 saturated carbocycles. The van der Waals surface area contributed by atoms with Crippen LogP contribution in [-0.4, -0.2) is 38.2 Å². The Morgan fingerprint density at radius 1 is 1.18 bits per heavy atom. The molecule has 7 nitrogen and oxygen atoms in total. The van der Waals surface area contributed by atoms with Crippen molar-refractivity contribution in [2.75, 3.05) is 7.11 Å². The molecule has 0 radical (unpaired) electrons. The molecule has 3 aromatic rings. The number of methoxy groups -OCH3 is 1. The van der Waals surface area contributed by atoms with Crippen LogP contribution in [0.5, 0.6) is 11.5 Å². The number of hydrogen-bond donors (Lipinski definition) is 1. The monoisotopic (exact) mass is 399 g/mol. The lowest BCUT2D eigenvalue weighted by molar-refractivity contribution is -0.136. The summed E-state index contributed by atoms with van der Waals surface area (Å²) in [5, 5.41) is 17.5. The van der Waals surface area contributed by atoms with Crippen molar-refractivity contribution >= 4 is 17.7 Å². The lowest BCUT2D eigenvalue weighted by Crippen LogP contribution is -2.13. The molecule has 8 heteroatoms. The minimum absolute atomic E-state index is 0.199. The summed E-state index contributed by atoms with van der Waals surface area (Å²) in [7, 11) is 1.60. The Kier molecular flexibility index (Phi) is 6.20. The molecule has 0 fully saturated rings. The maximum Gasteiger partial charge on any atom is 0.316 e. The third kappa shape index (κ3) is 4.64. The first kappa shape index (κ1) is 19.8. The average molecular weight is 399 g/mol. The predicted octanol–water partition coefficient (Wildman–Crippen LogP) is 3.73. The van der Waals surface area contributed by atoms with Crippen molar-refractivity contribution in [2.45, 2.75) is 30.9 Å². The molecule has 0 aliphatic carbocycles. The van der Waals surface area contributed by atoms with Crippen molar-refractivity contribution in [3.63, 3.8) is 0 Å². The van der Waals surface area contributed by atoms with Gasteiger partial charge in [-0.1, -0.05) is 23.9 Å². The van der Waals surface area contributed by atoms with Gasteiger partial charge in [-0.25, -0.2) is 0 Å². The fourth-order valence-corrected chi connectivity index (χ4v) is 3.34. The van der Waals surface area contributed by atoms with E-state index in [4.69, 9.17) is 9.47 Å². The van der Waals surface area contributed by atoms with Crippen molar-refractivity contribution in [1.29, 1.82) is 0 Å². The number of thioether (sulfide) groups is 1. The molecule has 0 saturated heterocycles. The molecule has 28 heavy (non-hydrogen) atoms. The van der Waals surface area contributed by atoms with Gasteiger partial charge in [0.25, 0.3) is 0 Å². The molecule has 1 N–H and O–H groups in total. The molecule has 0 aliphatic heterocycles. The largest absolute Gasteiger partial charge is 0.497 e. The van der Waals surface area contributed by atoms with E-state index in [2.05, 4.69) is 10.2 Å². The number of carbonyl (C=O) groups is 1. The molecule has 146 valence electrons. The number of benzene rings is 2. The number of carboxylic acids is 1. The van der Waals surface area contributed by atoms with Crippen LogP contribution in [0.1, 0.15) is 18.3 Å². The van der Waals surface area contributed by atoms with Crippen molar-refractivity contribution in [1.82, 2.24) is 14.8 Å². The minimum atomic E-state index is -0.910. The summed E-state index contributed by atoms with van der Waals surface area (Å²) in [4.78, 5) is 11.3. The number of aromatic nitrogens is 3. The van der Waals surface area contributed by atoms with Crippen LogP contribution in [0.2, 0.25) is 0 Å². The Labute approximate surface area is 167 Å². The van der Waals surface area contributed by atoms with Crippen LogP contribution in [0.15, 0.2) is 53.7 Å². The standard InChI is InChI=1S/C20H21N3O4S/c1-13-5-4-6-17(11-13)27-12-18-21-22-20(28-14(2)19(24)25)23(18)15-7-9-16(26-3)10-8-15/h4-11,14H,12H2,1-3H3,(H,24,25)/t14-/m0/s1.